The van der Waals surface area contributed by atoms with Crippen LogP contribution in [0.2, 0.25) is 0 Å². The SMILES string of the molecule is Cc1ccc(C#N)cc1S(=O)(=O)N1CCC(CN)CC1.Cl. The molecule has 7 heteroatoms. The molecule has 1 aromatic rings. The van der Waals surface area contributed by atoms with Gasteiger partial charge in [-0.3, -0.25) is 0 Å². The van der Waals surface area contributed by atoms with E-state index in [0.29, 0.717) is 36.7 Å². The maximum atomic E-state index is 12.7. The number of rotatable bonds is 3. The maximum Gasteiger partial charge on any atom is 0.243 e. The lowest BCUT2D eigenvalue weighted by molar-refractivity contribution is 0.278. The first-order valence-corrected chi connectivity index (χ1v) is 8.14. The minimum Gasteiger partial charge on any atom is -0.330 e. The summed E-state index contributed by atoms with van der Waals surface area (Å²) < 4.78 is 26.8. The van der Waals surface area contributed by atoms with Crippen molar-refractivity contribution in [2.24, 2.45) is 11.7 Å². The van der Waals surface area contributed by atoms with E-state index in [1.165, 1.54) is 10.4 Å². The smallest absolute Gasteiger partial charge is 0.243 e. The van der Waals surface area contributed by atoms with Crippen molar-refractivity contribution in [3.63, 3.8) is 0 Å². The van der Waals surface area contributed by atoms with Crippen molar-refractivity contribution in [2.45, 2.75) is 24.7 Å². The number of hydrogen-bond donors (Lipinski definition) is 1. The van der Waals surface area contributed by atoms with Gasteiger partial charge in [-0.15, -0.1) is 12.4 Å². The van der Waals surface area contributed by atoms with Crippen LogP contribution in [-0.4, -0.2) is 32.4 Å². The highest BCUT2D eigenvalue weighted by atomic mass is 35.5. The second-order valence-corrected chi connectivity index (χ2v) is 7.08. The van der Waals surface area contributed by atoms with Gasteiger partial charge >= 0.3 is 0 Å². The molecule has 116 valence electrons. The molecule has 0 unspecified atom stereocenters. The van der Waals surface area contributed by atoms with Crippen LogP contribution in [-0.2, 0) is 10.0 Å². The first-order chi connectivity index (χ1) is 9.48. The van der Waals surface area contributed by atoms with Crippen LogP contribution in [0.1, 0.15) is 24.0 Å². The first-order valence-electron chi connectivity index (χ1n) is 6.70. The zero-order valence-electron chi connectivity index (χ0n) is 11.9. The van der Waals surface area contributed by atoms with Gasteiger partial charge in [-0.2, -0.15) is 9.57 Å². The van der Waals surface area contributed by atoms with Gasteiger partial charge < -0.3 is 5.73 Å². The minimum atomic E-state index is -3.52. The molecule has 1 aromatic carbocycles. The Balaban J connectivity index is 0.00000220. The topological polar surface area (TPSA) is 87.2 Å². The van der Waals surface area contributed by atoms with Gasteiger partial charge in [-0.05, 0) is 49.9 Å². The molecule has 0 spiro atoms. The Hall–Kier alpha value is -1.13. The van der Waals surface area contributed by atoms with E-state index in [1.54, 1.807) is 19.1 Å². The highest BCUT2D eigenvalue weighted by molar-refractivity contribution is 7.89. The standard InChI is InChI=1S/C14H19N3O2S.ClH/c1-11-2-3-13(10-16)8-14(11)20(18,19)17-6-4-12(9-15)5-7-17;/h2-3,8,12H,4-7,9,15H2,1H3;1H. The molecule has 1 heterocycles. The molecule has 0 bridgehead atoms. The van der Waals surface area contributed by atoms with Crippen LogP contribution >= 0.6 is 12.4 Å². The molecular weight excluding hydrogens is 310 g/mol. The van der Waals surface area contributed by atoms with Gasteiger partial charge in [0, 0.05) is 13.1 Å². The van der Waals surface area contributed by atoms with Crippen LogP contribution < -0.4 is 5.73 Å². The lowest BCUT2D eigenvalue weighted by Gasteiger charge is -2.30. The van der Waals surface area contributed by atoms with Crippen LogP contribution in [0.4, 0.5) is 0 Å². The van der Waals surface area contributed by atoms with Crippen LogP contribution in [0.25, 0.3) is 0 Å². The van der Waals surface area contributed by atoms with Crippen LogP contribution in [0.5, 0.6) is 0 Å². The van der Waals surface area contributed by atoms with Crippen molar-refractivity contribution in [3.05, 3.63) is 29.3 Å². The summed E-state index contributed by atoms with van der Waals surface area (Å²) in [5.74, 6) is 0.410. The monoisotopic (exact) mass is 329 g/mol. The molecule has 0 amide bonds. The molecule has 1 fully saturated rings. The number of aryl methyl sites for hydroxylation is 1. The fraction of sp³-hybridized carbons (Fsp3) is 0.500. The summed E-state index contributed by atoms with van der Waals surface area (Å²) >= 11 is 0. The Bertz CT molecular complexity index is 632. The summed E-state index contributed by atoms with van der Waals surface area (Å²) in [5.41, 5.74) is 6.66. The van der Waals surface area contributed by atoms with Crippen LogP contribution in [0.3, 0.4) is 0 Å². The lowest BCUT2D eigenvalue weighted by atomic mass is 9.99. The quantitative estimate of drug-likeness (QED) is 0.913. The molecule has 0 aliphatic carbocycles. The first kappa shape index (κ1) is 17.9. The van der Waals surface area contributed by atoms with Gasteiger partial charge in [-0.1, -0.05) is 6.07 Å². The molecule has 1 aliphatic rings. The number of benzene rings is 1. The van der Waals surface area contributed by atoms with Crippen molar-refractivity contribution < 1.29 is 8.42 Å². The third kappa shape index (κ3) is 3.74. The normalized spacial score (nSPS) is 17.0. The van der Waals surface area contributed by atoms with Crippen molar-refractivity contribution in [1.82, 2.24) is 4.31 Å². The molecule has 1 saturated heterocycles. The van der Waals surface area contributed by atoms with Gasteiger partial charge in [0.25, 0.3) is 0 Å². The van der Waals surface area contributed by atoms with E-state index in [1.807, 2.05) is 6.07 Å². The number of piperidine rings is 1. The molecule has 0 aromatic heterocycles. The number of halogens is 1. The lowest BCUT2D eigenvalue weighted by Crippen LogP contribution is -2.40. The second-order valence-electron chi connectivity index (χ2n) is 5.18. The molecule has 2 N–H and O–H groups in total. The molecule has 21 heavy (non-hydrogen) atoms. The average Bonchev–Trinajstić information content (AvgIpc) is 2.47. The average molecular weight is 330 g/mol. The maximum absolute atomic E-state index is 12.7. The second kappa shape index (κ2) is 7.23. The highest BCUT2D eigenvalue weighted by Crippen LogP contribution is 2.25. The summed E-state index contributed by atoms with van der Waals surface area (Å²) in [4.78, 5) is 0.239. The number of nitriles is 1. The summed E-state index contributed by atoms with van der Waals surface area (Å²) in [6.07, 6.45) is 1.60. The van der Waals surface area contributed by atoms with Crippen molar-refractivity contribution in [3.8, 4) is 6.07 Å². The fourth-order valence-corrected chi connectivity index (χ4v) is 4.19. The zero-order chi connectivity index (χ0) is 14.8. The van der Waals surface area contributed by atoms with Crippen LogP contribution in [0, 0.1) is 24.2 Å². The van der Waals surface area contributed by atoms with E-state index < -0.39 is 10.0 Å². The molecule has 0 radical (unpaired) electrons. The summed E-state index contributed by atoms with van der Waals surface area (Å²) in [5, 5.41) is 8.92. The molecule has 2 rings (SSSR count). The fourth-order valence-electron chi connectivity index (χ4n) is 2.47. The highest BCUT2D eigenvalue weighted by Gasteiger charge is 2.30. The van der Waals surface area contributed by atoms with E-state index in [2.05, 4.69) is 0 Å². The Kier molecular flexibility index (Phi) is 6.17. The van der Waals surface area contributed by atoms with Gasteiger partial charge in [0.2, 0.25) is 10.0 Å². The third-order valence-electron chi connectivity index (χ3n) is 3.84. The number of nitrogens with zero attached hydrogens (tertiary/aromatic N) is 2. The largest absolute Gasteiger partial charge is 0.330 e. The van der Waals surface area contributed by atoms with Crippen molar-refractivity contribution >= 4 is 22.4 Å². The number of sulfonamides is 1. The summed E-state index contributed by atoms with van der Waals surface area (Å²) in [7, 11) is -3.52. The zero-order valence-corrected chi connectivity index (χ0v) is 13.6. The van der Waals surface area contributed by atoms with E-state index in [0.717, 1.165) is 12.8 Å². The summed E-state index contributed by atoms with van der Waals surface area (Å²) in [6.45, 7) is 3.36. The number of nitrogens with two attached hydrogens (primary N) is 1. The van der Waals surface area contributed by atoms with E-state index in [4.69, 9.17) is 11.0 Å². The third-order valence-corrected chi connectivity index (χ3v) is 5.88. The predicted molar refractivity (Wildman–Crippen MR) is 83.7 cm³/mol. The van der Waals surface area contributed by atoms with Gasteiger partial charge in [-0.25, -0.2) is 8.42 Å². The predicted octanol–water partition coefficient (Wildman–Crippen LogP) is 1.65. The Labute approximate surface area is 132 Å². The minimum absolute atomic E-state index is 0. The Morgan fingerprint density at radius 3 is 2.52 bits per heavy atom. The molecule has 0 saturated carbocycles. The van der Waals surface area contributed by atoms with Crippen LogP contribution in [0.15, 0.2) is 23.1 Å². The van der Waals surface area contributed by atoms with E-state index >= 15 is 0 Å². The molecular formula is C14H20ClN3O2S. The summed E-state index contributed by atoms with van der Waals surface area (Å²) in [6, 6.07) is 6.76. The van der Waals surface area contributed by atoms with E-state index in [9.17, 15) is 8.42 Å². The van der Waals surface area contributed by atoms with Gasteiger partial charge in [0.05, 0.1) is 16.5 Å². The van der Waals surface area contributed by atoms with Crippen molar-refractivity contribution in [1.29, 1.82) is 5.26 Å². The Morgan fingerprint density at radius 1 is 1.38 bits per heavy atom. The Morgan fingerprint density at radius 2 is 2.00 bits per heavy atom. The van der Waals surface area contributed by atoms with Crippen molar-refractivity contribution in [2.75, 3.05) is 19.6 Å². The van der Waals surface area contributed by atoms with Gasteiger partial charge in [0.15, 0.2) is 0 Å². The van der Waals surface area contributed by atoms with Gasteiger partial charge in [0.1, 0.15) is 0 Å². The molecule has 1 aliphatic heterocycles. The molecule has 0 atom stereocenters. The number of hydrogen-bond acceptors (Lipinski definition) is 4. The molecule has 5 nitrogen and oxygen atoms in total. The van der Waals surface area contributed by atoms with E-state index in [-0.39, 0.29) is 17.3 Å².